The number of hydrogen-bond acceptors (Lipinski definition) is 3. The number of rotatable bonds is 6. The minimum atomic E-state index is -0.734. The van der Waals surface area contributed by atoms with Crippen molar-refractivity contribution in [2.45, 2.75) is 44.6 Å². The Morgan fingerprint density at radius 3 is 2.88 bits per heavy atom. The largest absolute Gasteiger partial charge is 0.387 e. The summed E-state index contributed by atoms with van der Waals surface area (Å²) in [5, 5.41) is 10.4. The van der Waals surface area contributed by atoms with Crippen molar-refractivity contribution >= 4 is 10.8 Å². The number of hydrogen-bond donors (Lipinski definition) is 1. The third-order valence-electron chi connectivity index (χ3n) is 3.49. The minimum Gasteiger partial charge on any atom is -0.387 e. The van der Waals surface area contributed by atoms with Crippen molar-refractivity contribution in [2.75, 3.05) is 25.2 Å². The molecule has 3 nitrogen and oxygen atoms in total. The van der Waals surface area contributed by atoms with E-state index in [4.69, 9.17) is 4.74 Å². The topological polar surface area (TPSA) is 46.5 Å². The Morgan fingerprint density at radius 1 is 1.50 bits per heavy atom. The second-order valence-electron chi connectivity index (χ2n) is 4.93. The highest BCUT2D eigenvalue weighted by atomic mass is 32.2. The van der Waals surface area contributed by atoms with Crippen LogP contribution in [0.25, 0.3) is 0 Å². The summed E-state index contributed by atoms with van der Waals surface area (Å²) in [5.74, 6) is 1.02. The van der Waals surface area contributed by atoms with E-state index in [1.807, 2.05) is 0 Å². The quantitative estimate of drug-likeness (QED) is 0.728. The van der Waals surface area contributed by atoms with E-state index in [2.05, 4.69) is 6.92 Å². The summed E-state index contributed by atoms with van der Waals surface area (Å²) in [4.78, 5) is 0. The van der Waals surface area contributed by atoms with Gasteiger partial charge in [-0.2, -0.15) is 0 Å². The molecule has 0 aromatic carbocycles. The standard InChI is InChI=1S/C12H24O3S/c1-11-6-3-4-7-12(11,13)10-15-8-5-9-16(2)14/h11,13H,3-10H2,1-2H3. The fourth-order valence-corrected chi connectivity index (χ4v) is 2.75. The Hall–Kier alpha value is 0.0700. The number of aliphatic hydroxyl groups is 1. The fraction of sp³-hybridized carbons (Fsp3) is 1.00. The van der Waals surface area contributed by atoms with Crippen LogP contribution in [-0.4, -0.2) is 40.1 Å². The van der Waals surface area contributed by atoms with E-state index in [9.17, 15) is 9.32 Å². The zero-order valence-electron chi connectivity index (χ0n) is 10.4. The molecule has 0 saturated heterocycles. The predicted octanol–water partition coefficient (Wildman–Crippen LogP) is 1.71. The summed E-state index contributed by atoms with van der Waals surface area (Å²) in [5.41, 5.74) is -0.621. The van der Waals surface area contributed by atoms with Crippen LogP contribution in [0.5, 0.6) is 0 Å². The van der Waals surface area contributed by atoms with Gasteiger partial charge in [0.1, 0.15) is 0 Å². The van der Waals surface area contributed by atoms with Gasteiger partial charge in [0.2, 0.25) is 0 Å². The van der Waals surface area contributed by atoms with Gasteiger partial charge in [0, 0.05) is 29.4 Å². The molecule has 0 bridgehead atoms. The van der Waals surface area contributed by atoms with Crippen molar-refractivity contribution < 1.29 is 14.1 Å². The maximum Gasteiger partial charge on any atom is 0.0905 e. The van der Waals surface area contributed by atoms with Crippen LogP contribution in [-0.2, 0) is 15.5 Å². The van der Waals surface area contributed by atoms with Crippen molar-refractivity contribution in [2.24, 2.45) is 5.92 Å². The van der Waals surface area contributed by atoms with Crippen LogP contribution in [0.4, 0.5) is 0 Å². The summed E-state index contributed by atoms with van der Waals surface area (Å²) < 4.78 is 16.3. The molecule has 0 heterocycles. The second kappa shape index (κ2) is 6.72. The highest BCUT2D eigenvalue weighted by Crippen LogP contribution is 2.33. The van der Waals surface area contributed by atoms with Gasteiger partial charge in [0.25, 0.3) is 0 Å². The van der Waals surface area contributed by atoms with Gasteiger partial charge in [-0.25, -0.2) is 0 Å². The molecule has 1 N–H and O–H groups in total. The average Bonchev–Trinajstić information content (AvgIpc) is 2.22. The van der Waals surface area contributed by atoms with Crippen molar-refractivity contribution in [3.05, 3.63) is 0 Å². The van der Waals surface area contributed by atoms with Crippen molar-refractivity contribution in [1.29, 1.82) is 0 Å². The molecule has 3 unspecified atom stereocenters. The third-order valence-corrected chi connectivity index (χ3v) is 4.35. The van der Waals surface area contributed by atoms with Crippen molar-refractivity contribution in [3.8, 4) is 0 Å². The van der Waals surface area contributed by atoms with E-state index < -0.39 is 16.4 Å². The lowest BCUT2D eigenvalue weighted by Gasteiger charge is -2.37. The Kier molecular flexibility index (Phi) is 5.94. The highest BCUT2D eigenvalue weighted by molar-refractivity contribution is 7.84. The highest BCUT2D eigenvalue weighted by Gasteiger charge is 2.35. The van der Waals surface area contributed by atoms with Gasteiger partial charge in [-0.3, -0.25) is 4.21 Å². The lowest BCUT2D eigenvalue weighted by Crippen LogP contribution is -2.43. The molecule has 1 rings (SSSR count). The summed E-state index contributed by atoms with van der Waals surface area (Å²) >= 11 is 0. The molecule has 96 valence electrons. The monoisotopic (exact) mass is 248 g/mol. The minimum absolute atomic E-state index is 0.335. The van der Waals surface area contributed by atoms with Gasteiger partial charge in [-0.1, -0.05) is 19.8 Å². The van der Waals surface area contributed by atoms with Gasteiger partial charge in [-0.05, 0) is 25.2 Å². The predicted molar refractivity (Wildman–Crippen MR) is 67.0 cm³/mol. The van der Waals surface area contributed by atoms with Crippen molar-refractivity contribution in [1.82, 2.24) is 0 Å². The average molecular weight is 248 g/mol. The van der Waals surface area contributed by atoms with Crippen LogP contribution in [0.2, 0.25) is 0 Å². The lowest BCUT2D eigenvalue weighted by atomic mass is 9.77. The number of ether oxygens (including phenoxy) is 1. The zero-order valence-corrected chi connectivity index (χ0v) is 11.2. The zero-order chi connectivity index (χ0) is 12.0. The molecular formula is C12H24O3S. The van der Waals surface area contributed by atoms with E-state index >= 15 is 0 Å². The maximum absolute atomic E-state index is 10.8. The van der Waals surface area contributed by atoms with Crippen LogP contribution in [0, 0.1) is 5.92 Å². The van der Waals surface area contributed by atoms with Gasteiger partial charge in [-0.15, -0.1) is 0 Å². The summed E-state index contributed by atoms with van der Waals surface area (Å²) in [7, 11) is -0.734. The summed E-state index contributed by atoms with van der Waals surface area (Å²) in [6.07, 6.45) is 6.79. The van der Waals surface area contributed by atoms with Crippen LogP contribution in [0.15, 0.2) is 0 Å². The Labute approximate surface area is 101 Å². The van der Waals surface area contributed by atoms with Gasteiger partial charge >= 0.3 is 0 Å². The first-order valence-corrected chi connectivity index (χ1v) is 7.87. The Bertz CT molecular complexity index is 232. The molecule has 0 spiro atoms. The molecule has 1 aliphatic rings. The summed E-state index contributed by atoms with van der Waals surface area (Å²) in [6.45, 7) is 3.14. The fourth-order valence-electron chi connectivity index (χ4n) is 2.22. The first-order valence-electron chi connectivity index (χ1n) is 6.15. The Balaban J connectivity index is 2.17. The molecule has 16 heavy (non-hydrogen) atoms. The first-order chi connectivity index (χ1) is 7.54. The van der Waals surface area contributed by atoms with Crippen molar-refractivity contribution in [3.63, 3.8) is 0 Å². The maximum atomic E-state index is 10.8. The molecule has 1 fully saturated rings. The van der Waals surface area contributed by atoms with Gasteiger partial charge in [0.15, 0.2) is 0 Å². The second-order valence-corrected chi connectivity index (χ2v) is 6.49. The van der Waals surface area contributed by atoms with E-state index in [1.165, 1.54) is 6.42 Å². The van der Waals surface area contributed by atoms with Crippen LogP contribution < -0.4 is 0 Å². The molecule has 0 amide bonds. The first kappa shape index (κ1) is 14.1. The molecule has 1 aliphatic carbocycles. The molecule has 3 atom stereocenters. The third kappa shape index (κ3) is 4.52. The van der Waals surface area contributed by atoms with Crippen LogP contribution in [0.3, 0.4) is 0 Å². The molecular weight excluding hydrogens is 224 g/mol. The normalized spacial score (nSPS) is 32.6. The SMILES string of the molecule is CC1CCCCC1(O)COCCCS(C)=O. The molecule has 0 aliphatic heterocycles. The lowest BCUT2D eigenvalue weighted by molar-refractivity contribution is -0.0997. The van der Waals surface area contributed by atoms with Crippen LogP contribution in [0.1, 0.15) is 39.0 Å². The molecule has 0 aromatic heterocycles. The molecule has 0 radical (unpaired) electrons. The van der Waals surface area contributed by atoms with E-state index in [0.717, 1.165) is 25.7 Å². The molecule has 1 saturated carbocycles. The van der Waals surface area contributed by atoms with E-state index in [1.54, 1.807) is 6.26 Å². The van der Waals surface area contributed by atoms with Gasteiger partial charge in [0.05, 0.1) is 12.2 Å². The summed E-state index contributed by atoms with van der Waals surface area (Å²) in [6, 6.07) is 0. The Morgan fingerprint density at radius 2 is 2.25 bits per heavy atom. The van der Waals surface area contributed by atoms with Crippen LogP contribution >= 0.6 is 0 Å². The smallest absolute Gasteiger partial charge is 0.0905 e. The van der Waals surface area contributed by atoms with E-state index in [0.29, 0.717) is 24.9 Å². The van der Waals surface area contributed by atoms with E-state index in [-0.39, 0.29) is 0 Å². The molecule has 4 heteroatoms. The molecule has 0 aromatic rings. The van der Waals surface area contributed by atoms with Gasteiger partial charge < -0.3 is 9.84 Å².